The molecule has 0 radical (unpaired) electrons. The van der Waals surface area contributed by atoms with Gasteiger partial charge in [-0.2, -0.15) is 0 Å². The Kier molecular flexibility index (Phi) is 5.48. The van der Waals surface area contributed by atoms with Crippen LogP contribution in [-0.4, -0.2) is 23.1 Å². The molecule has 1 N–H and O–H groups in total. The van der Waals surface area contributed by atoms with Crippen LogP contribution in [-0.2, 0) is 14.3 Å². The summed E-state index contributed by atoms with van der Waals surface area (Å²) in [7, 11) is 0. The summed E-state index contributed by atoms with van der Waals surface area (Å²) in [6.07, 6.45) is 21.1. The maximum absolute atomic E-state index is 10.9. The smallest absolute Gasteiger partial charge is 0.302 e. The Balaban J connectivity index is 0.000000120. The molecule has 0 amide bonds. The molecule has 9 unspecified atom stereocenters. The second-order valence-corrected chi connectivity index (χ2v) is 9.32. The van der Waals surface area contributed by atoms with Crippen molar-refractivity contribution in [1.82, 2.24) is 0 Å². The summed E-state index contributed by atoms with van der Waals surface area (Å²) >= 11 is 0. The number of ether oxygens (including phenoxy) is 1. The highest BCUT2D eigenvalue weighted by Crippen LogP contribution is 2.57. The molecule has 0 aromatic heterocycles. The standard InChI is InChI=1S/C12H16O2.C10H12.C2H4O2/c1-7(13)14-12-6-8-5-11(12)10-4-2-3-9(8)10;1-2-9-7-4-5-8(6-7)10(9)3-1;1-2(3)4/h2,4,8-12H,3,5-6H2,1H3;1-2,4-5,7-10H,3,6H2;1H3,(H,3,4). The number of carboxylic acid groups (broad SMARTS) is 1. The van der Waals surface area contributed by atoms with Crippen LogP contribution >= 0.6 is 0 Å². The van der Waals surface area contributed by atoms with Gasteiger partial charge in [-0.25, -0.2) is 0 Å². The van der Waals surface area contributed by atoms with Crippen molar-refractivity contribution in [2.75, 3.05) is 0 Å². The van der Waals surface area contributed by atoms with Gasteiger partial charge in [0.25, 0.3) is 5.97 Å². The van der Waals surface area contributed by atoms with Crippen molar-refractivity contribution in [2.45, 2.75) is 52.1 Å². The lowest BCUT2D eigenvalue weighted by atomic mass is 9.80. The zero-order valence-electron chi connectivity index (χ0n) is 16.9. The van der Waals surface area contributed by atoms with Crippen molar-refractivity contribution in [3.8, 4) is 0 Å². The molecule has 0 heterocycles. The van der Waals surface area contributed by atoms with Gasteiger partial charge in [0.2, 0.25) is 0 Å². The fourth-order valence-electron chi connectivity index (χ4n) is 6.81. The topological polar surface area (TPSA) is 63.6 Å². The normalized spacial score (nSPS) is 44.4. The lowest BCUT2D eigenvalue weighted by molar-refractivity contribution is -0.150. The summed E-state index contributed by atoms with van der Waals surface area (Å²) in [5.41, 5.74) is 0. The van der Waals surface area contributed by atoms with Gasteiger partial charge < -0.3 is 9.84 Å². The van der Waals surface area contributed by atoms with Crippen LogP contribution in [0.3, 0.4) is 0 Å². The molecular formula is C24H32O4. The van der Waals surface area contributed by atoms with Crippen LogP contribution in [0, 0.1) is 47.3 Å². The number of carbonyl (C=O) groups excluding carboxylic acids is 1. The van der Waals surface area contributed by atoms with Crippen molar-refractivity contribution < 1.29 is 19.4 Å². The van der Waals surface area contributed by atoms with Gasteiger partial charge in [-0.1, -0.05) is 36.5 Å². The molecule has 152 valence electrons. The predicted octanol–water partition coefficient (Wildman–Crippen LogP) is 4.63. The van der Waals surface area contributed by atoms with Gasteiger partial charge in [-0.15, -0.1) is 0 Å². The molecule has 0 aliphatic heterocycles. The molecule has 28 heavy (non-hydrogen) atoms. The molecule has 0 saturated heterocycles. The summed E-state index contributed by atoms with van der Waals surface area (Å²) in [4.78, 5) is 19.9. The number of allylic oxidation sites excluding steroid dienone is 6. The summed E-state index contributed by atoms with van der Waals surface area (Å²) in [5, 5.41) is 7.42. The van der Waals surface area contributed by atoms with E-state index in [4.69, 9.17) is 14.6 Å². The molecule has 0 spiro atoms. The first-order valence-corrected chi connectivity index (χ1v) is 10.8. The molecular weight excluding hydrogens is 352 g/mol. The van der Waals surface area contributed by atoms with Gasteiger partial charge in [-0.3, -0.25) is 9.59 Å². The maximum atomic E-state index is 10.9. The average molecular weight is 385 g/mol. The highest BCUT2D eigenvalue weighted by Gasteiger charge is 2.53. The summed E-state index contributed by atoms with van der Waals surface area (Å²) < 4.78 is 5.38. The molecule has 3 saturated carbocycles. The van der Waals surface area contributed by atoms with Crippen LogP contribution in [0.4, 0.5) is 0 Å². The predicted molar refractivity (Wildman–Crippen MR) is 107 cm³/mol. The van der Waals surface area contributed by atoms with Crippen LogP contribution in [0.15, 0.2) is 36.5 Å². The monoisotopic (exact) mass is 384 g/mol. The number of fused-ring (bicyclic) bond motifs is 10. The van der Waals surface area contributed by atoms with E-state index in [1.807, 2.05) is 0 Å². The number of esters is 1. The third-order valence-corrected chi connectivity index (χ3v) is 7.72. The fourth-order valence-corrected chi connectivity index (χ4v) is 6.81. The second-order valence-electron chi connectivity index (χ2n) is 9.32. The van der Waals surface area contributed by atoms with E-state index in [1.54, 1.807) is 0 Å². The minimum atomic E-state index is -0.833. The van der Waals surface area contributed by atoms with E-state index in [0.717, 1.165) is 54.8 Å². The highest BCUT2D eigenvalue weighted by atomic mass is 16.5. The molecule has 4 heteroatoms. The quantitative estimate of drug-likeness (QED) is 0.529. The molecule has 0 aromatic rings. The van der Waals surface area contributed by atoms with Gasteiger partial charge in [-0.05, 0) is 73.5 Å². The number of hydrogen-bond acceptors (Lipinski definition) is 3. The van der Waals surface area contributed by atoms with Crippen molar-refractivity contribution in [1.29, 1.82) is 0 Å². The number of hydrogen-bond donors (Lipinski definition) is 1. The van der Waals surface area contributed by atoms with E-state index in [-0.39, 0.29) is 12.1 Å². The maximum Gasteiger partial charge on any atom is 0.302 e. The first-order chi connectivity index (χ1) is 13.4. The Morgan fingerprint density at radius 3 is 2.14 bits per heavy atom. The Morgan fingerprint density at radius 2 is 1.46 bits per heavy atom. The van der Waals surface area contributed by atoms with E-state index in [1.165, 1.54) is 32.6 Å². The molecule has 6 aliphatic rings. The van der Waals surface area contributed by atoms with Crippen LogP contribution < -0.4 is 0 Å². The van der Waals surface area contributed by atoms with Gasteiger partial charge >= 0.3 is 5.97 Å². The van der Waals surface area contributed by atoms with E-state index >= 15 is 0 Å². The third kappa shape index (κ3) is 3.70. The zero-order chi connectivity index (χ0) is 19.8. The molecule has 4 nitrogen and oxygen atoms in total. The lowest BCUT2D eigenvalue weighted by Crippen LogP contribution is -2.31. The van der Waals surface area contributed by atoms with Gasteiger partial charge in [0.1, 0.15) is 6.10 Å². The highest BCUT2D eigenvalue weighted by molar-refractivity contribution is 5.66. The zero-order valence-corrected chi connectivity index (χ0v) is 16.9. The van der Waals surface area contributed by atoms with Crippen LogP contribution in [0.5, 0.6) is 0 Å². The van der Waals surface area contributed by atoms with E-state index in [9.17, 15) is 4.79 Å². The lowest BCUT2D eigenvalue weighted by Gasteiger charge is -2.30. The molecule has 6 aliphatic carbocycles. The molecule has 4 bridgehead atoms. The van der Waals surface area contributed by atoms with Crippen molar-refractivity contribution in [2.24, 2.45) is 47.3 Å². The fraction of sp³-hybridized carbons (Fsp3) is 0.667. The Hall–Kier alpha value is -1.84. The number of aliphatic carboxylic acids is 1. The SMILES string of the molecule is C1=CC2C3C=CC(C3)C2C1.CC(=O)O.CC(=O)OC1CC2CC1C1C=CCC21. The molecule has 6 rings (SSSR count). The van der Waals surface area contributed by atoms with Crippen molar-refractivity contribution in [3.05, 3.63) is 36.5 Å². The second kappa shape index (κ2) is 7.88. The number of carbonyl (C=O) groups is 2. The summed E-state index contributed by atoms with van der Waals surface area (Å²) in [6.45, 7) is 2.61. The Labute approximate surface area is 167 Å². The first kappa shape index (κ1) is 19.5. The van der Waals surface area contributed by atoms with Gasteiger partial charge in [0.05, 0.1) is 0 Å². The van der Waals surface area contributed by atoms with Crippen molar-refractivity contribution >= 4 is 11.9 Å². The van der Waals surface area contributed by atoms with Gasteiger partial charge in [0.15, 0.2) is 0 Å². The molecule has 0 aromatic carbocycles. The summed E-state index contributed by atoms with van der Waals surface area (Å²) in [6, 6.07) is 0. The summed E-state index contributed by atoms with van der Waals surface area (Å²) in [5.74, 6) is 5.94. The van der Waals surface area contributed by atoms with E-state index < -0.39 is 5.97 Å². The van der Waals surface area contributed by atoms with Crippen molar-refractivity contribution in [3.63, 3.8) is 0 Å². The average Bonchev–Trinajstić information content (AvgIpc) is 3.40. The minimum absolute atomic E-state index is 0.110. The van der Waals surface area contributed by atoms with E-state index in [0.29, 0.717) is 5.92 Å². The van der Waals surface area contributed by atoms with Crippen LogP contribution in [0.2, 0.25) is 0 Å². The number of rotatable bonds is 1. The Morgan fingerprint density at radius 1 is 0.821 bits per heavy atom. The molecule has 9 atom stereocenters. The third-order valence-electron chi connectivity index (χ3n) is 7.72. The molecule has 3 fully saturated rings. The van der Waals surface area contributed by atoms with Gasteiger partial charge in [0, 0.05) is 19.8 Å². The van der Waals surface area contributed by atoms with E-state index in [2.05, 4.69) is 36.5 Å². The Bertz CT molecular complexity index is 701. The van der Waals surface area contributed by atoms with Crippen LogP contribution in [0.1, 0.15) is 46.0 Å². The first-order valence-electron chi connectivity index (χ1n) is 10.8. The number of carboxylic acids is 1. The van der Waals surface area contributed by atoms with Crippen LogP contribution in [0.25, 0.3) is 0 Å². The minimum Gasteiger partial charge on any atom is -0.481 e. The largest absolute Gasteiger partial charge is 0.481 e.